The van der Waals surface area contributed by atoms with E-state index in [0.29, 0.717) is 0 Å². The molecule has 96 valence electrons. The molecule has 1 heterocycles. The minimum absolute atomic E-state index is 0.122. The van der Waals surface area contributed by atoms with Crippen LogP contribution in [0.4, 0.5) is 17.6 Å². The lowest BCUT2D eigenvalue weighted by atomic mass is 10.3. The minimum Gasteiger partial charge on any atom is -0.290 e. The summed E-state index contributed by atoms with van der Waals surface area (Å²) in [5.41, 5.74) is 0.122. The number of benzene rings is 1. The zero-order valence-corrected chi connectivity index (χ0v) is 11.0. The summed E-state index contributed by atoms with van der Waals surface area (Å²) in [4.78, 5) is 3.25. The quantitative estimate of drug-likeness (QED) is 0.578. The third-order valence-corrected chi connectivity index (χ3v) is 3.03. The molecule has 0 N–H and O–H groups in total. The highest BCUT2D eigenvalue weighted by Gasteiger charge is 2.37. The first-order chi connectivity index (χ1) is 8.43. The van der Waals surface area contributed by atoms with Crippen LogP contribution in [0.1, 0.15) is 11.5 Å². The van der Waals surface area contributed by atoms with E-state index in [0.717, 1.165) is 14.3 Å². The second kappa shape index (κ2) is 4.87. The summed E-state index contributed by atoms with van der Waals surface area (Å²) in [6.07, 6.45) is -3.71. The molecule has 1 aromatic heterocycles. The van der Waals surface area contributed by atoms with Crippen LogP contribution in [-0.4, -0.2) is 9.55 Å². The number of alkyl halides is 4. The number of imidazole rings is 1. The van der Waals surface area contributed by atoms with Gasteiger partial charge < -0.3 is 0 Å². The lowest BCUT2D eigenvalue weighted by molar-refractivity contribution is -0.146. The fourth-order valence-corrected chi connectivity index (χ4v) is 1.92. The molecule has 2 aromatic rings. The lowest BCUT2D eigenvalue weighted by Gasteiger charge is -2.12. The van der Waals surface area contributed by atoms with Gasteiger partial charge in [-0.2, -0.15) is 13.2 Å². The molecule has 0 aliphatic carbocycles. The molecular formula is C11H7F4IN2. The van der Waals surface area contributed by atoms with Gasteiger partial charge in [0.1, 0.15) is 6.67 Å². The SMILES string of the molecule is FCc1cnc(C(F)(F)F)n1-c1ccc(I)cc1. The van der Waals surface area contributed by atoms with Crippen LogP contribution in [0, 0.1) is 3.57 Å². The summed E-state index contributed by atoms with van der Waals surface area (Å²) in [7, 11) is 0. The van der Waals surface area contributed by atoms with E-state index in [2.05, 4.69) is 4.98 Å². The van der Waals surface area contributed by atoms with Gasteiger partial charge in [0, 0.05) is 9.26 Å². The molecule has 0 bridgehead atoms. The van der Waals surface area contributed by atoms with Crippen molar-refractivity contribution in [2.24, 2.45) is 0 Å². The number of rotatable bonds is 2. The number of aromatic nitrogens is 2. The van der Waals surface area contributed by atoms with Gasteiger partial charge in [-0.1, -0.05) is 0 Å². The summed E-state index contributed by atoms with van der Waals surface area (Å²) < 4.78 is 52.7. The Balaban J connectivity index is 2.61. The van der Waals surface area contributed by atoms with Crippen LogP contribution in [0.3, 0.4) is 0 Å². The maximum Gasteiger partial charge on any atom is 0.450 e. The van der Waals surface area contributed by atoms with Crippen LogP contribution in [-0.2, 0) is 12.9 Å². The van der Waals surface area contributed by atoms with E-state index < -0.39 is 18.7 Å². The van der Waals surface area contributed by atoms with Crippen molar-refractivity contribution in [1.82, 2.24) is 9.55 Å². The molecule has 0 fully saturated rings. The molecule has 0 spiro atoms. The van der Waals surface area contributed by atoms with Gasteiger partial charge >= 0.3 is 6.18 Å². The minimum atomic E-state index is -4.61. The summed E-state index contributed by atoms with van der Waals surface area (Å²) in [5.74, 6) is -1.11. The summed E-state index contributed by atoms with van der Waals surface area (Å²) >= 11 is 2.04. The van der Waals surface area contributed by atoms with Crippen molar-refractivity contribution in [3.8, 4) is 5.69 Å². The van der Waals surface area contributed by atoms with E-state index in [9.17, 15) is 17.6 Å². The van der Waals surface area contributed by atoms with Crippen molar-refractivity contribution in [3.63, 3.8) is 0 Å². The molecule has 0 saturated carbocycles. The molecule has 0 unspecified atom stereocenters. The Morgan fingerprint density at radius 3 is 2.28 bits per heavy atom. The Bertz CT molecular complexity index is 545. The van der Waals surface area contributed by atoms with E-state index in [4.69, 9.17) is 0 Å². The molecule has 0 radical (unpaired) electrons. The maximum absolute atomic E-state index is 12.8. The molecule has 0 aliphatic rings. The second-order valence-corrected chi connectivity index (χ2v) is 4.76. The normalized spacial score (nSPS) is 11.8. The van der Waals surface area contributed by atoms with E-state index in [1.54, 1.807) is 12.1 Å². The molecular weight excluding hydrogens is 363 g/mol. The summed E-state index contributed by atoms with van der Waals surface area (Å²) in [5, 5.41) is 0. The molecule has 1 aromatic carbocycles. The van der Waals surface area contributed by atoms with E-state index in [1.807, 2.05) is 22.6 Å². The summed E-state index contributed by atoms with van der Waals surface area (Å²) in [6, 6.07) is 6.30. The number of hydrogen-bond donors (Lipinski definition) is 0. The van der Waals surface area contributed by atoms with Crippen molar-refractivity contribution in [2.75, 3.05) is 0 Å². The van der Waals surface area contributed by atoms with Crippen LogP contribution in [0.2, 0.25) is 0 Å². The average molecular weight is 370 g/mol. The Labute approximate surface area is 114 Å². The fraction of sp³-hybridized carbons (Fsp3) is 0.182. The third-order valence-electron chi connectivity index (χ3n) is 2.31. The number of hydrogen-bond acceptors (Lipinski definition) is 1. The van der Waals surface area contributed by atoms with Gasteiger partial charge in [0.15, 0.2) is 0 Å². The molecule has 0 amide bonds. The third kappa shape index (κ3) is 2.50. The zero-order chi connectivity index (χ0) is 13.3. The highest BCUT2D eigenvalue weighted by Crippen LogP contribution is 2.31. The van der Waals surface area contributed by atoms with Crippen LogP contribution in [0.15, 0.2) is 30.5 Å². The molecule has 2 rings (SSSR count). The van der Waals surface area contributed by atoms with Gasteiger partial charge in [0.2, 0.25) is 5.82 Å². The molecule has 0 atom stereocenters. The fourth-order valence-electron chi connectivity index (χ4n) is 1.56. The van der Waals surface area contributed by atoms with Crippen LogP contribution >= 0.6 is 22.6 Å². The van der Waals surface area contributed by atoms with Crippen molar-refractivity contribution >= 4 is 22.6 Å². The Morgan fingerprint density at radius 1 is 1.17 bits per heavy atom. The summed E-state index contributed by atoms with van der Waals surface area (Å²) in [6.45, 7) is -1.00. The van der Waals surface area contributed by atoms with Gasteiger partial charge in [-0.15, -0.1) is 0 Å². The monoisotopic (exact) mass is 370 g/mol. The first-order valence-electron chi connectivity index (χ1n) is 4.89. The predicted octanol–water partition coefficient (Wildman–Crippen LogP) is 3.97. The van der Waals surface area contributed by atoms with E-state index in [1.165, 1.54) is 12.1 Å². The van der Waals surface area contributed by atoms with Crippen LogP contribution in [0.5, 0.6) is 0 Å². The Hall–Kier alpha value is -1.12. The number of nitrogens with zero attached hydrogens (tertiary/aromatic N) is 2. The first-order valence-corrected chi connectivity index (χ1v) is 5.97. The molecule has 18 heavy (non-hydrogen) atoms. The van der Waals surface area contributed by atoms with Gasteiger partial charge in [0.05, 0.1) is 11.9 Å². The van der Waals surface area contributed by atoms with Crippen molar-refractivity contribution in [1.29, 1.82) is 0 Å². The maximum atomic E-state index is 12.8. The Kier molecular flexibility index (Phi) is 3.60. The molecule has 0 saturated heterocycles. The smallest absolute Gasteiger partial charge is 0.290 e. The second-order valence-electron chi connectivity index (χ2n) is 3.52. The zero-order valence-electron chi connectivity index (χ0n) is 8.88. The largest absolute Gasteiger partial charge is 0.450 e. The lowest BCUT2D eigenvalue weighted by Crippen LogP contribution is -2.15. The highest BCUT2D eigenvalue weighted by atomic mass is 127. The molecule has 7 heteroatoms. The molecule has 0 aliphatic heterocycles. The van der Waals surface area contributed by atoms with Crippen molar-refractivity contribution in [3.05, 3.63) is 45.6 Å². The first kappa shape index (κ1) is 13.3. The Morgan fingerprint density at radius 2 is 1.78 bits per heavy atom. The topological polar surface area (TPSA) is 17.8 Å². The standard InChI is InChI=1S/C11H7F4IN2/c12-5-9-6-17-10(11(13,14)15)18(9)8-3-1-7(16)2-4-8/h1-4,6H,5H2. The van der Waals surface area contributed by atoms with E-state index >= 15 is 0 Å². The predicted molar refractivity (Wildman–Crippen MR) is 66.1 cm³/mol. The van der Waals surface area contributed by atoms with Gasteiger partial charge in [-0.3, -0.25) is 4.57 Å². The average Bonchev–Trinajstić information content (AvgIpc) is 2.73. The van der Waals surface area contributed by atoms with E-state index in [-0.39, 0.29) is 11.4 Å². The molecule has 2 nitrogen and oxygen atoms in total. The number of halogens is 5. The van der Waals surface area contributed by atoms with Gasteiger partial charge in [-0.05, 0) is 46.9 Å². The van der Waals surface area contributed by atoms with Gasteiger partial charge in [0.25, 0.3) is 0 Å². The van der Waals surface area contributed by atoms with Crippen molar-refractivity contribution in [2.45, 2.75) is 12.9 Å². The highest BCUT2D eigenvalue weighted by molar-refractivity contribution is 14.1. The van der Waals surface area contributed by atoms with Crippen molar-refractivity contribution < 1.29 is 17.6 Å². The van der Waals surface area contributed by atoms with Crippen LogP contribution < -0.4 is 0 Å². The van der Waals surface area contributed by atoms with Crippen LogP contribution in [0.25, 0.3) is 5.69 Å². The van der Waals surface area contributed by atoms with Gasteiger partial charge in [-0.25, -0.2) is 9.37 Å².